The number of hydrogen-bond donors (Lipinski definition) is 1. The summed E-state index contributed by atoms with van der Waals surface area (Å²) >= 11 is 0. The van der Waals surface area contributed by atoms with Crippen molar-refractivity contribution in [1.82, 2.24) is 24.8 Å². The molecule has 1 aliphatic carbocycles. The molecule has 0 spiro atoms. The molecule has 2 atom stereocenters. The summed E-state index contributed by atoms with van der Waals surface area (Å²) in [4.78, 5) is 54.3. The van der Waals surface area contributed by atoms with Crippen molar-refractivity contribution in [3.8, 4) is 0 Å². The number of allylic oxidation sites excluding steroid dienone is 2. The molecule has 1 saturated heterocycles. The van der Waals surface area contributed by atoms with Gasteiger partial charge in [-0.05, 0) is 50.2 Å². The Morgan fingerprint density at radius 3 is 2.91 bits per heavy atom. The van der Waals surface area contributed by atoms with E-state index in [-0.39, 0.29) is 30.0 Å². The Hall–Kier alpha value is -3.29. The molecule has 33 heavy (non-hydrogen) atoms. The molecule has 5 rings (SSSR count). The number of aromatic nitrogens is 3. The van der Waals surface area contributed by atoms with E-state index in [2.05, 4.69) is 22.1 Å². The Morgan fingerprint density at radius 1 is 1.24 bits per heavy atom. The second-order valence-corrected chi connectivity index (χ2v) is 9.26. The average molecular weight is 448 g/mol. The molecule has 0 saturated carbocycles. The van der Waals surface area contributed by atoms with E-state index in [0.29, 0.717) is 48.8 Å². The van der Waals surface area contributed by atoms with Crippen LogP contribution < -0.4 is 5.56 Å². The maximum atomic E-state index is 13.0. The van der Waals surface area contributed by atoms with Gasteiger partial charge in [-0.2, -0.15) is 0 Å². The minimum absolute atomic E-state index is 0.0995. The number of carbonyl (C=O) groups is 2. The van der Waals surface area contributed by atoms with Crippen molar-refractivity contribution in [3.05, 3.63) is 69.2 Å². The van der Waals surface area contributed by atoms with Gasteiger partial charge in [0.1, 0.15) is 5.82 Å². The molecular formula is C25H29N5O3. The van der Waals surface area contributed by atoms with Gasteiger partial charge in [0.15, 0.2) is 0 Å². The number of aromatic amines is 1. The number of rotatable bonds is 4. The van der Waals surface area contributed by atoms with Gasteiger partial charge in [-0.1, -0.05) is 12.2 Å². The van der Waals surface area contributed by atoms with Crippen molar-refractivity contribution in [2.45, 2.75) is 58.0 Å². The number of aryl methyl sites for hydroxylation is 1. The predicted octanol–water partition coefficient (Wildman–Crippen LogP) is 2.69. The molecule has 0 unspecified atom stereocenters. The van der Waals surface area contributed by atoms with Crippen LogP contribution in [0.5, 0.6) is 0 Å². The summed E-state index contributed by atoms with van der Waals surface area (Å²) in [5, 5.41) is 0. The Balaban J connectivity index is 1.34. The van der Waals surface area contributed by atoms with Crippen LogP contribution in [0.25, 0.3) is 0 Å². The first kappa shape index (κ1) is 21.6. The number of nitrogens with one attached hydrogen (secondary N) is 1. The van der Waals surface area contributed by atoms with Crippen LogP contribution in [0.2, 0.25) is 0 Å². The molecule has 2 aromatic heterocycles. The number of likely N-dealkylation sites (tertiary alicyclic amines) is 1. The van der Waals surface area contributed by atoms with Crippen LogP contribution in [0.4, 0.5) is 0 Å². The molecule has 4 heterocycles. The van der Waals surface area contributed by atoms with Crippen molar-refractivity contribution >= 4 is 11.8 Å². The lowest BCUT2D eigenvalue weighted by molar-refractivity contribution is -0.133. The van der Waals surface area contributed by atoms with Crippen LogP contribution in [0.15, 0.2) is 35.4 Å². The Kier molecular flexibility index (Phi) is 5.83. The molecule has 1 N–H and O–H groups in total. The van der Waals surface area contributed by atoms with E-state index in [1.165, 1.54) is 0 Å². The Bertz CT molecular complexity index is 1170. The lowest BCUT2D eigenvalue weighted by Crippen LogP contribution is -2.41. The third-order valence-electron chi connectivity index (χ3n) is 7.06. The van der Waals surface area contributed by atoms with Crippen molar-refractivity contribution in [3.63, 3.8) is 0 Å². The summed E-state index contributed by atoms with van der Waals surface area (Å²) in [6, 6.07) is 1.53. The molecule has 0 bridgehead atoms. The summed E-state index contributed by atoms with van der Waals surface area (Å²) < 4.78 is 0. The van der Waals surface area contributed by atoms with Gasteiger partial charge in [-0.3, -0.25) is 19.4 Å². The Morgan fingerprint density at radius 2 is 2.12 bits per heavy atom. The maximum Gasteiger partial charge on any atom is 0.256 e. The van der Waals surface area contributed by atoms with Crippen LogP contribution >= 0.6 is 0 Å². The molecule has 0 aromatic carbocycles. The standard InChI is InChI=1S/C25H29N5O3/c1-16-14-26-10-8-18(16)25(33)29-12-9-20-19(15-29)24(32)28-23(27-20)21-7-4-11-30(21)22(31)13-17-5-2-3-6-17/h2,5,8,10,14,17,21H,3-4,6-7,9,11-13,15H2,1H3,(H,27,28,32)/t17-,21-/m0/s1. The first-order valence-corrected chi connectivity index (χ1v) is 11.8. The summed E-state index contributed by atoms with van der Waals surface area (Å²) in [5.74, 6) is 0.939. The highest BCUT2D eigenvalue weighted by molar-refractivity contribution is 5.95. The van der Waals surface area contributed by atoms with Gasteiger partial charge in [0.05, 0.1) is 23.8 Å². The van der Waals surface area contributed by atoms with E-state index in [1.807, 2.05) is 11.8 Å². The number of carbonyl (C=O) groups excluding carboxylic acids is 2. The van der Waals surface area contributed by atoms with Crippen LogP contribution in [0.1, 0.15) is 71.1 Å². The molecule has 2 amide bonds. The minimum Gasteiger partial charge on any atom is -0.334 e. The van der Waals surface area contributed by atoms with Gasteiger partial charge >= 0.3 is 0 Å². The fraction of sp³-hybridized carbons (Fsp3) is 0.480. The fourth-order valence-corrected chi connectivity index (χ4v) is 5.22. The number of nitrogens with zero attached hydrogens (tertiary/aromatic N) is 4. The van der Waals surface area contributed by atoms with Crippen molar-refractivity contribution in [2.24, 2.45) is 5.92 Å². The van der Waals surface area contributed by atoms with E-state index >= 15 is 0 Å². The van der Waals surface area contributed by atoms with Gasteiger partial charge in [0.2, 0.25) is 5.91 Å². The normalized spacial score (nSPS) is 22.0. The van der Waals surface area contributed by atoms with Crippen LogP contribution in [-0.4, -0.2) is 49.7 Å². The molecule has 3 aliphatic rings. The molecule has 2 aliphatic heterocycles. The van der Waals surface area contributed by atoms with E-state index in [4.69, 9.17) is 4.98 Å². The average Bonchev–Trinajstić information content (AvgIpc) is 3.51. The highest BCUT2D eigenvalue weighted by atomic mass is 16.2. The highest BCUT2D eigenvalue weighted by Crippen LogP contribution is 2.32. The van der Waals surface area contributed by atoms with Gasteiger partial charge < -0.3 is 14.8 Å². The van der Waals surface area contributed by atoms with Crippen LogP contribution in [0.3, 0.4) is 0 Å². The van der Waals surface area contributed by atoms with E-state index in [1.54, 1.807) is 23.4 Å². The molecule has 172 valence electrons. The largest absolute Gasteiger partial charge is 0.334 e. The van der Waals surface area contributed by atoms with Gasteiger partial charge in [0, 0.05) is 43.9 Å². The van der Waals surface area contributed by atoms with Gasteiger partial charge in [-0.15, -0.1) is 0 Å². The third kappa shape index (κ3) is 4.21. The first-order chi connectivity index (χ1) is 16.0. The molecule has 8 nitrogen and oxygen atoms in total. The number of pyridine rings is 1. The molecular weight excluding hydrogens is 418 g/mol. The summed E-state index contributed by atoms with van der Waals surface area (Å²) in [6.07, 6.45) is 12.4. The van der Waals surface area contributed by atoms with Crippen molar-refractivity contribution in [2.75, 3.05) is 13.1 Å². The summed E-state index contributed by atoms with van der Waals surface area (Å²) in [6.45, 7) is 3.30. The minimum atomic E-state index is -0.211. The number of H-pyrrole nitrogens is 1. The monoisotopic (exact) mass is 447 g/mol. The zero-order valence-electron chi connectivity index (χ0n) is 18.9. The summed E-state index contributed by atoms with van der Waals surface area (Å²) in [7, 11) is 0. The zero-order chi connectivity index (χ0) is 22.9. The smallest absolute Gasteiger partial charge is 0.256 e. The molecule has 2 aromatic rings. The number of hydrogen-bond acceptors (Lipinski definition) is 5. The van der Waals surface area contributed by atoms with Crippen LogP contribution in [-0.2, 0) is 17.8 Å². The molecule has 8 heteroatoms. The van der Waals surface area contributed by atoms with Gasteiger partial charge in [0.25, 0.3) is 11.5 Å². The maximum absolute atomic E-state index is 13.0. The first-order valence-electron chi connectivity index (χ1n) is 11.8. The second kappa shape index (κ2) is 8.92. The number of amides is 2. The zero-order valence-corrected chi connectivity index (χ0v) is 18.9. The van der Waals surface area contributed by atoms with E-state index in [9.17, 15) is 14.4 Å². The fourth-order valence-electron chi connectivity index (χ4n) is 5.22. The van der Waals surface area contributed by atoms with Crippen molar-refractivity contribution < 1.29 is 9.59 Å². The highest BCUT2D eigenvalue weighted by Gasteiger charge is 2.34. The SMILES string of the molecule is Cc1cnccc1C(=O)N1CCc2nc([C@@H]3CCCN3C(=O)C[C@H]3C=CCC3)[nH]c(=O)c2C1. The van der Waals surface area contributed by atoms with Crippen molar-refractivity contribution in [1.29, 1.82) is 0 Å². The second-order valence-electron chi connectivity index (χ2n) is 9.26. The third-order valence-corrected chi connectivity index (χ3v) is 7.06. The summed E-state index contributed by atoms with van der Waals surface area (Å²) in [5.41, 5.74) is 2.48. The van der Waals surface area contributed by atoms with Crippen LogP contribution in [0, 0.1) is 12.8 Å². The Labute approximate surface area is 192 Å². The lowest BCUT2D eigenvalue weighted by Gasteiger charge is -2.30. The number of fused-ring (bicyclic) bond motifs is 1. The lowest BCUT2D eigenvalue weighted by atomic mass is 10.0. The van der Waals surface area contributed by atoms with E-state index in [0.717, 1.165) is 36.9 Å². The quantitative estimate of drug-likeness (QED) is 0.727. The molecule has 0 radical (unpaired) electrons. The topological polar surface area (TPSA) is 99.3 Å². The van der Waals surface area contributed by atoms with Gasteiger partial charge in [-0.25, -0.2) is 4.98 Å². The predicted molar refractivity (Wildman–Crippen MR) is 122 cm³/mol. The van der Waals surface area contributed by atoms with E-state index < -0.39 is 0 Å². The molecule has 1 fully saturated rings.